The number of hydrogen-bond acceptors (Lipinski definition) is 2. The number of aryl methyl sites for hydroxylation is 2. The van der Waals surface area contributed by atoms with Crippen molar-refractivity contribution in [1.82, 2.24) is 4.57 Å². The van der Waals surface area contributed by atoms with Gasteiger partial charge >= 0.3 is 0 Å². The number of hydrogen-bond donors (Lipinski definition) is 0. The molecule has 0 aliphatic heterocycles. The van der Waals surface area contributed by atoms with Gasteiger partial charge in [-0.05, 0) is 45.9 Å². The maximum Gasteiger partial charge on any atom is 0.264 e. The lowest BCUT2D eigenvalue weighted by atomic mass is 10.3. The van der Waals surface area contributed by atoms with E-state index < -0.39 is 0 Å². The molecule has 78 valence electrons. The van der Waals surface area contributed by atoms with Gasteiger partial charge in [-0.3, -0.25) is 4.79 Å². The molecule has 0 bridgehead atoms. The molecular weight excluding hydrogens is 274 g/mol. The van der Waals surface area contributed by atoms with Crippen LogP contribution in [0.25, 0.3) is 0 Å². The molecule has 2 rings (SSSR count). The Labute approximate surface area is 100 Å². The Bertz CT molecular complexity index is 490. The molecule has 2 aromatic heterocycles. The number of nitrogens with zero attached hydrogens (tertiary/aromatic N) is 1. The van der Waals surface area contributed by atoms with Crippen molar-refractivity contribution >= 4 is 27.3 Å². The summed E-state index contributed by atoms with van der Waals surface area (Å²) in [5, 5.41) is 2.05. The molecule has 0 aliphatic rings. The van der Waals surface area contributed by atoms with Gasteiger partial charge in [0.1, 0.15) is 0 Å². The van der Waals surface area contributed by atoms with Crippen molar-refractivity contribution in [3.63, 3.8) is 0 Å². The van der Waals surface area contributed by atoms with Crippen LogP contribution in [-0.2, 0) is 13.0 Å². The van der Waals surface area contributed by atoms with Crippen molar-refractivity contribution < 1.29 is 0 Å². The third-order valence-electron chi connectivity index (χ3n) is 2.15. The molecule has 0 atom stereocenters. The highest BCUT2D eigenvalue weighted by atomic mass is 79.9. The molecule has 2 aromatic rings. The monoisotopic (exact) mass is 283 g/mol. The van der Waals surface area contributed by atoms with E-state index in [4.69, 9.17) is 0 Å². The van der Waals surface area contributed by atoms with Crippen molar-refractivity contribution in [2.24, 2.45) is 0 Å². The molecule has 0 saturated heterocycles. The lowest BCUT2D eigenvalue weighted by molar-refractivity contribution is 0.671. The van der Waals surface area contributed by atoms with Gasteiger partial charge in [0.2, 0.25) is 0 Å². The molecule has 2 heterocycles. The maximum atomic E-state index is 11.6. The predicted octanol–water partition coefficient (Wildman–Crippen LogP) is 2.92. The summed E-state index contributed by atoms with van der Waals surface area (Å²) in [6.07, 6.45) is 2.73. The number of rotatable bonds is 3. The highest BCUT2D eigenvalue weighted by Gasteiger charge is 2.00. The molecule has 0 saturated carbocycles. The lowest BCUT2D eigenvalue weighted by Gasteiger charge is -2.04. The van der Waals surface area contributed by atoms with Crippen LogP contribution in [0.3, 0.4) is 0 Å². The molecule has 2 nitrogen and oxygen atoms in total. The highest BCUT2D eigenvalue weighted by molar-refractivity contribution is 9.10. The van der Waals surface area contributed by atoms with Crippen molar-refractivity contribution in [3.8, 4) is 0 Å². The van der Waals surface area contributed by atoms with Crippen molar-refractivity contribution in [3.05, 3.63) is 55.5 Å². The molecule has 0 aliphatic carbocycles. The normalized spacial score (nSPS) is 10.5. The summed E-state index contributed by atoms with van der Waals surface area (Å²) in [5.74, 6) is 0. The minimum absolute atomic E-state index is 0.0362. The van der Waals surface area contributed by atoms with Crippen LogP contribution in [0.15, 0.2) is 45.1 Å². The summed E-state index contributed by atoms with van der Waals surface area (Å²) in [6.45, 7) is 0.735. The Kier molecular flexibility index (Phi) is 3.38. The van der Waals surface area contributed by atoms with Crippen molar-refractivity contribution in [2.45, 2.75) is 13.0 Å². The van der Waals surface area contributed by atoms with E-state index in [1.54, 1.807) is 22.0 Å². The number of pyridine rings is 1. The van der Waals surface area contributed by atoms with Crippen LogP contribution < -0.4 is 5.56 Å². The zero-order valence-electron chi connectivity index (χ0n) is 8.02. The van der Waals surface area contributed by atoms with Crippen LogP contribution in [0, 0.1) is 0 Å². The van der Waals surface area contributed by atoms with E-state index in [1.807, 2.05) is 18.3 Å². The van der Waals surface area contributed by atoms with Gasteiger partial charge < -0.3 is 4.57 Å². The van der Waals surface area contributed by atoms with Gasteiger partial charge in [-0.1, -0.05) is 6.07 Å². The minimum Gasteiger partial charge on any atom is -0.314 e. The summed E-state index contributed by atoms with van der Waals surface area (Å²) >= 11 is 4.96. The third kappa shape index (κ3) is 2.58. The number of thiophene rings is 1. The Morgan fingerprint density at radius 3 is 2.93 bits per heavy atom. The summed E-state index contributed by atoms with van der Waals surface area (Å²) in [7, 11) is 0. The second-order valence-corrected chi connectivity index (χ2v) is 5.07. The Balaban J connectivity index is 2.12. The Hall–Kier alpha value is -0.870. The molecule has 0 aromatic carbocycles. The SMILES string of the molecule is O=c1c(Br)cccn1CCc1cccs1. The fraction of sp³-hybridized carbons (Fsp3) is 0.182. The van der Waals surface area contributed by atoms with Gasteiger partial charge in [0.25, 0.3) is 5.56 Å². The minimum atomic E-state index is 0.0362. The summed E-state index contributed by atoms with van der Waals surface area (Å²) in [4.78, 5) is 13.0. The van der Waals surface area contributed by atoms with Crippen LogP contribution >= 0.6 is 27.3 Å². The van der Waals surface area contributed by atoms with E-state index in [9.17, 15) is 4.79 Å². The summed E-state index contributed by atoms with van der Waals surface area (Å²) < 4.78 is 2.35. The summed E-state index contributed by atoms with van der Waals surface area (Å²) in [5.41, 5.74) is 0.0362. The molecule has 0 amide bonds. The Morgan fingerprint density at radius 2 is 2.20 bits per heavy atom. The first kappa shape index (κ1) is 10.6. The number of aromatic nitrogens is 1. The first-order valence-electron chi connectivity index (χ1n) is 4.65. The largest absolute Gasteiger partial charge is 0.314 e. The molecule has 0 N–H and O–H groups in total. The topological polar surface area (TPSA) is 22.0 Å². The van der Waals surface area contributed by atoms with E-state index in [2.05, 4.69) is 27.4 Å². The first-order chi connectivity index (χ1) is 7.27. The highest BCUT2D eigenvalue weighted by Crippen LogP contribution is 2.10. The van der Waals surface area contributed by atoms with Gasteiger partial charge in [0.15, 0.2) is 0 Å². The van der Waals surface area contributed by atoms with Gasteiger partial charge in [-0.25, -0.2) is 0 Å². The molecule has 0 spiro atoms. The third-order valence-corrected chi connectivity index (χ3v) is 3.69. The van der Waals surface area contributed by atoms with Crippen LogP contribution in [-0.4, -0.2) is 4.57 Å². The van der Waals surface area contributed by atoms with Crippen molar-refractivity contribution in [2.75, 3.05) is 0 Å². The van der Waals surface area contributed by atoms with Gasteiger partial charge in [0, 0.05) is 17.6 Å². The molecule has 15 heavy (non-hydrogen) atoms. The number of halogens is 1. The molecule has 0 radical (unpaired) electrons. The lowest BCUT2D eigenvalue weighted by Crippen LogP contribution is -2.20. The van der Waals surface area contributed by atoms with E-state index in [0.717, 1.165) is 13.0 Å². The molecule has 0 unspecified atom stereocenters. The molecule has 4 heteroatoms. The first-order valence-corrected chi connectivity index (χ1v) is 6.32. The second kappa shape index (κ2) is 4.77. The van der Waals surface area contributed by atoms with E-state index in [1.165, 1.54) is 4.88 Å². The zero-order valence-corrected chi connectivity index (χ0v) is 10.4. The maximum absolute atomic E-state index is 11.6. The average molecular weight is 284 g/mol. The average Bonchev–Trinajstić information content (AvgIpc) is 2.73. The van der Waals surface area contributed by atoms with Crippen LogP contribution in [0.1, 0.15) is 4.88 Å². The van der Waals surface area contributed by atoms with Gasteiger partial charge in [-0.15, -0.1) is 11.3 Å². The fourth-order valence-corrected chi connectivity index (χ4v) is 2.45. The standard InChI is InChI=1S/C11H10BrNOS/c12-10-4-1-6-13(11(10)14)7-5-9-3-2-8-15-9/h1-4,6,8H,5,7H2. The van der Waals surface area contributed by atoms with Gasteiger partial charge in [0.05, 0.1) is 4.47 Å². The van der Waals surface area contributed by atoms with Gasteiger partial charge in [-0.2, -0.15) is 0 Å². The van der Waals surface area contributed by atoms with E-state index in [0.29, 0.717) is 4.47 Å². The van der Waals surface area contributed by atoms with E-state index >= 15 is 0 Å². The quantitative estimate of drug-likeness (QED) is 0.849. The zero-order chi connectivity index (χ0) is 10.7. The predicted molar refractivity (Wildman–Crippen MR) is 66.4 cm³/mol. The smallest absolute Gasteiger partial charge is 0.264 e. The molecule has 0 fully saturated rings. The second-order valence-electron chi connectivity index (χ2n) is 3.18. The van der Waals surface area contributed by atoms with Crippen LogP contribution in [0.4, 0.5) is 0 Å². The molecular formula is C11H10BrNOS. The van der Waals surface area contributed by atoms with Crippen molar-refractivity contribution in [1.29, 1.82) is 0 Å². The van der Waals surface area contributed by atoms with E-state index in [-0.39, 0.29) is 5.56 Å². The van der Waals surface area contributed by atoms with Crippen LogP contribution in [0.2, 0.25) is 0 Å². The summed E-state index contributed by atoms with van der Waals surface area (Å²) in [6, 6.07) is 7.77. The van der Waals surface area contributed by atoms with Crippen LogP contribution in [0.5, 0.6) is 0 Å². The Morgan fingerprint density at radius 1 is 1.33 bits per heavy atom. The fourth-order valence-electron chi connectivity index (χ4n) is 1.37.